The smallest absolute Gasteiger partial charge is 0.0191 e. The van der Waals surface area contributed by atoms with Gasteiger partial charge in [-0.15, -0.1) is 11.8 Å². The van der Waals surface area contributed by atoms with Crippen LogP contribution in [0.5, 0.6) is 0 Å². The van der Waals surface area contributed by atoms with Gasteiger partial charge >= 0.3 is 0 Å². The Morgan fingerprint density at radius 2 is 1.60 bits per heavy atom. The van der Waals surface area contributed by atoms with E-state index in [-0.39, 0.29) is 5.41 Å². The summed E-state index contributed by atoms with van der Waals surface area (Å²) in [5.41, 5.74) is 1.65. The van der Waals surface area contributed by atoms with Gasteiger partial charge in [0, 0.05) is 22.7 Å². The Morgan fingerprint density at radius 3 is 2.05 bits per heavy atom. The fourth-order valence-corrected chi connectivity index (χ4v) is 3.15. The molecule has 2 heteroatoms. The number of nitrogens with one attached hydrogen (secondary N) is 1. The van der Waals surface area contributed by atoms with E-state index in [4.69, 9.17) is 0 Å². The summed E-state index contributed by atoms with van der Waals surface area (Å²) in [6.45, 7) is 14.7. The van der Waals surface area contributed by atoms with Crippen LogP contribution in [0.1, 0.15) is 59.9 Å². The van der Waals surface area contributed by atoms with Crippen molar-refractivity contribution in [2.75, 3.05) is 6.54 Å². The molecule has 0 amide bonds. The van der Waals surface area contributed by atoms with Crippen molar-refractivity contribution >= 4 is 11.8 Å². The van der Waals surface area contributed by atoms with Crippen LogP contribution in [-0.4, -0.2) is 17.8 Å². The van der Waals surface area contributed by atoms with Gasteiger partial charge in [-0.05, 0) is 36.0 Å². The average molecular weight is 294 g/mol. The van der Waals surface area contributed by atoms with Crippen LogP contribution in [0.2, 0.25) is 0 Å². The lowest BCUT2D eigenvalue weighted by atomic mass is 9.87. The summed E-state index contributed by atoms with van der Waals surface area (Å²) in [6, 6.07) is 9.73. The zero-order valence-corrected chi connectivity index (χ0v) is 14.8. The Labute approximate surface area is 129 Å². The van der Waals surface area contributed by atoms with Crippen LogP contribution >= 0.6 is 11.8 Å². The molecular weight excluding hydrogens is 262 g/mol. The van der Waals surface area contributed by atoms with Crippen LogP contribution in [0, 0.1) is 0 Å². The van der Waals surface area contributed by atoms with E-state index in [1.165, 1.54) is 23.3 Å². The molecule has 0 aromatic heterocycles. The molecule has 0 heterocycles. The molecule has 0 aliphatic carbocycles. The average Bonchev–Trinajstić information content (AvgIpc) is 2.39. The lowest BCUT2D eigenvalue weighted by molar-refractivity contribution is 0.488. The Bertz CT molecular complexity index is 373. The quantitative estimate of drug-likeness (QED) is 0.690. The molecule has 0 radical (unpaired) electrons. The molecular formula is C18H31NS. The number of rotatable bonds is 7. The summed E-state index contributed by atoms with van der Waals surface area (Å²) in [5, 5.41) is 4.26. The molecule has 1 aromatic carbocycles. The minimum absolute atomic E-state index is 0.242. The van der Waals surface area contributed by atoms with Crippen LogP contribution in [0.4, 0.5) is 0 Å². The largest absolute Gasteiger partial charge is 0.313 e. The molecule has 1 nitrogen and oxygen atoms in total. The topological polar surface area (TPSA) is 12.0 Å². The molecule has 1 aromatic rings. The van der Waals surface area contributed by atoms with Gasteiger partial charge in [0.05, 0.1) is 0 Å². The lowest BCUT2D eigenvalue weighted by Gasteiger charge is -2.20. The van der Waals surface area contributed by atoms with Gasteiger partial charge in [0.2, 0.25) is 0 Å². The molecule has 1 atom stereocenters. The van der Waals surface area contributed by atoms with Gasteiger partial charge in [-0.25, -0.2) is 0 Å². The van der Waals surface area contributed by atoms with Crippen molar-refractivity contribution in [1.82, 2.24) is 5.32 Å². The predicted octanol–water partition coefficient (Wildman–Crippen LogP) is 5.24. The van der Waals surface area contributed by atoms with Crippen molar-refractivity contribution < 1.29 is 0 Å². The maximum Gasteiger partial charge on any atom is 0.0191 e. The van der Waals surface area contributed by atoms with Gasteiger partial charge in [-0.1, -0.05) is 53.7 Å². The fraction of sp³-hybridized carbons (Fsp3) is 0.667. The van der Waals surface area contributed by atoms with Gasteiger partial charge in [0.1, 0.15) is 0 Å². The van der Waals surface area contributed by atoms with Gasteiger partial charge in [0.25, 0.3) is 0 Å². The van der Waals surface area contributed by atoms with Crippen LogP contribution < -0.4 is 5.32 Å². The third-order valence-corrected chi connectivity index (χ3v) is 4.85. The Hall–Kier alpha value is -0.470. The van der Waals surface area contributed by atoms with Gasteiger partial charge in [-0.2, -0.15) is 0 Å². The number of hydrogen-bond acceptors (Lipinski definition) is 2. The van der Waals surface area contributed by atoms with E-state index in [1.807, 2.05) is 11.8 Å². The summed E-state index contributed by atoms with van der Waals surface area (Å²) >= 11 is 1.96. The molecule has 0 aliphatic heterocycles. The van der Waals surface area contributed by atoms with Crippen LogP contribution in [0.15, 0.2) is 29.2 Å². The minimum Gasteiger partial charge on any atom is -0.313 e. The standard InChI is InChI=1S/C18H31NS/c1-7-16(8-2)19-13-14(3)20-17-11-9-15(10-12-17)18(4,5)6/h9-12,14,16,19H,7-8,13H2,1-6H3. The summed E-state index contributed by atoms with van der Waals surface area (Å²) in [4.78, 5) is 1.37. The highest BCUT2D eigenvalue weighted by atomic mass is 32.2. The minimum atomic E-state index is 0.242. The van der Waals surface area contributed by atoms with Gasteiger partial charge in [-0.3, -0.25) is 0 Å². The second-order valence-electron chi connectivity index (χ2n) is 6.62. The van der Waals surface area contributed by atoms with E-state index < -0.39 is 0 Å². The van der Waals surface area contributed by atoms with Gasteiger partial charge < -0.3 is 5.32 Å². The Morgan fingerprint density at radius 1 is 1.05 bits per heavy atom. The zero-order chi connectivity index (χ0) is 15.2. The van der Waals surface area contributed by atoms with E-state index in [1.54, 1.807) is 0 Å². The first-order chi connectivity index (χ1) is 9.36. The summed E-state index contributed by atoms with van der Waals surface area (Å²) in [7, 11) is 0. The van der Waals surface area contributed by atoms with Crippen LogP contribution in [0.3, 0.4) is 0 Å². The Balaban J connectivity index is 2.48. The first-order valence-electron chi connectivity index (χ1n) is 7.87. The number of benzene rings is 1. The number of hydrogen-bond donors (Lipinski definition) is 1. The lowest BCUT2D eigenvalue weighted by Crippen LogP contribution is -2.32. The monoisotopic (exact) mass is 293 g/mol. The third-order valence-electron chi connectivity index (χ3n) is 3.74. The van der Waals surface area contributed by atoms with Crippen LogP contribution in [-0.2, 0) is 5.41 Å². The third kappa shape index (κ3) is 5.88. The van der Waals surface area contributed by atoms with Crippen molar-refractivity contribution in [3.63, 3.8) is 0 Å². The van der Waals surface area contributed by atoms with E-state index in [0.717, 1.165) is 6.54 Å². The molecule has 1 unspecified atom stereocenters. The predicted molar refractivity (Wildman–Crippen MR) is 92.8 cm³/mol. The van der Waals surface area contributed by atoms with E-state index in [0.29, 0.717) is 11.3 Å². The molecule has 1 rings (SSSR count). The summed E-state index contributed by atoms with van der Waals surface area (Å²) in [5.74, 6) is 0. The Kier molecular flexibility index (Phi) is 7.11. The van der Waals surface area contributed by atoms with Crippen LogP contribution in [0.25, 0.3) is 0 Å². The molecule has 0 saturated carbocycles. The summed E-state index contributed by atoms with van der Waals surface area (Å²) in [6.07, 6.45) is 2.43. The van der Waals surface area contributed by atoms with Crippen molar-refractivity contribution in [1.29, 1.82) is 0 Å². The van der Waals surface area contributed by atoms with Crippen molar-refractivity contribution in [3.05, 3.63) is 29.8 Å². The van der Waals surface area contributed by atoms with Gasteiger partial charge in [0.15, 0.2) is 0 Å². The van der Waals surface area contributed by atoms with Crippen molar-refractivity contribution in [2.45, 2.75) is 76.0 Å². The normalized spacial score (nSPS) is 13.8. The second-order valence-corrected chi connectivity index (χ2v) is 8.14. The first-order valence-corrected chi connectivity index (χ1v) is 8.75. The molecule has 114 valence electrons. The van der Waals surface area contributed by atoms with E-state index in [2.05, 4.69) is 71.1 Å². The summed E-state index contributed by atoms with van der Waals surface area (Å²) < 4.78 is 0. The molecule has 0 fully saturated rings. The molecule has 0 bridgehead atoms. The van der Waals surface area contributed by atoms with E-state index >= 15 is 0 Å². The van der Waals surface area contributed by atoms with Crippen molar-refractivity contribution in [2.24, 2.45) is 0 Å². The highest BCUT2D eigenvalue weighted by Crippen LogP contribution is 2.27. The molecule has 0 aliphatic rings. The highest BCUT2D eigenvalue weighted by Gasteiger charge is 2.13. The molecule has 0 saturated heterocycles. The first kappa shape index (κ1) is 17.6. The number of thioether (sulfide) groups is 1. The molecule has 0 spiro atoms. The maximum atomic E-state index is 3.65. The molecule has 20 heavy (non-hydrogen) atoms. The highest BCUT2D eigenvalue weighted by molar-refractivity contribution is 8.00. The molecule has 1 N–H and O–H groups in total. The van der Waals surface area contributed by atoms with Crippen molar-refractivity contribution in [3.8, 4) is 0 Å². The van der Waals surface area contributed by atoms with E-state index in [9.17, 15) is 0 Å². The maximum absolute atomic E-state index is 3.65. The second kappa shape index (κ2) is 8.09. The SMILES string of the molecule is CCC(CC)NCC(C)Sc1ccc(C(C)(C)C)cc1. The fourth-order valence-electron chi connectivity index (χ4n) is 2.22. The zero-order valence-electron chi connectivity index (χ0n) is 14.0.